The Morgan fingerprint density at radius 2 is 1.85 bits per heavy atom. The molecule has 0 aromatic heterocycles. The lowest BCUT2D eigenvalue weighted by Gasteiger charge is -2.28. The van der Waals surface area contributed by atoms with E-state index in [1.54, 1.807) is 0 Å². The predicted molar refractivity (Wildman–Crippen MR) is 122 cm³/mol. The van der Waals surface area contributed by atoms with E-state index in [2.05, 4.69) is 28.5 Å². The third kappa shape index (κ3) is 6.23. The van der Waals surface area contributed by atoms with Crippen molar-refractivity contribution in [3.05, 3.63) is 65.2 Å². The molecule has 0 saturated heterocycles. The lowest BCUT2D eigenvalue weighted by Crippen LogP contribution is -2.35. The van der Waals surface area contributed by atoms with E-state index >= 15 is 0 Å². The number of amides is 1. The molecule has 1 amide bonds. The number of carbonyl (C=O) groups excluding carboxylic acids is 1. The maximum Gasteiger partial charge on any atom is 0.222 e. The van der Waals surface area contributed by atoms with Crippen LogP contribution >= 0.6 is 24.0 Å². The van der Waals surface area contributed by atoms with Crippen molar-refractivity contribution in [1.29, 1.82) is 0 Å². The van der Waals surface area contributed by atoms with Crippen molar-refractivity contribution < 1.29 is 4.79 Å². The Bertz CT molecular complexity index is 789. The number of carbonyl (C=O) groups is 1. The van der Waals surface area contributed by atoms with E-state index in [0.29, 0.717) is 25.3 Å². The zero-order valence-electron chi connectivity index (χ0n) is 15.6. The Labute approximate surface area is 178 Å². The summed E-state index contributed by atoms with van der Waals surface area (Å²) in [4.78, 5) is 18.7. The van der Waals surface area contributed by atoms with Crippen LogP contribution in [0.25, 0.3) is 0 Å². The highest BCUT2D eigenvalue weighted by molar-refractivity contribution is 14.0. The van der Waals surface area contributed by atoms with E-state index in [1.807, 2.05) is 42.2 Å². The minimum Gasteiger partial charge on any atom is -0.370 e. The van der Waals surface area contributed by atoms with Crippen molar-refractivity contribution in [2.24, 2.45) is 10.7 Å². The van der Waals surface area contributed by atoms with E-state index in [0.717, 1.165) is 25.2 Å². The fourth-order valence-electron chi connectivity index (χ4n) is 3.12. The van der Waals surface area contributed by atoms with Crippen LogP contribution in [0.2, 0.25) is 0 Å². The summed E-state index contributed by atoms with van der Waals surface area (Å²) in [6, 6.07) is 16.3. The molecule has 0 atom stereocenters. The number of anilines is 1. The third-order valence-corrected chi connectivity index (χ3v) is 4.64. The van der Waals surface area contributed by atoms with Gasteiger partial charge in [0.05, 0.1) is 0 Å². The lowest BCUT2D eigenvalue weighted by molar-refractivity contribution is -0.132. The molecule has 2 aromatic rings. The quantitative estimate of drug-likeness (QED) is 0.298. The Hall–Kier alpha value is -2.09. The van der Waals surface area contributed by atoms with E-state index in [-0.39, 0.29) is 29.9 Å². The Balaban J connectivity index is 0.00000261. The molecular weight excluding hydrogens is 451 g/mol. The Kier molecular flexibility index (Phi) is 8.09. The SMILES string of the molecule is Cc1ccc(NC(N)=NCCCC(=O)N2CCc3ccccc3C2)cc1.I. The number of hydrogen-bond donors (Lipinski definition) is 2. The number of fused-ring (bicyclic) bond motifs is 1. The van der Waals surface area contributed by atoms with Crippen molar-refractivity contribution in [2.45, 2.75) is 32.7 Å². The third-order valence-electron chi connectivity index (χ3n) is 4.64. The summed E-state index contributed by atoms with van der Waals surface area (Å²) in [5.74, 6) is 0.577. The van der Waals surface area contributed by atoms with E-state index in [1.165, 1.54) is 16.7 Å². The average Bonchev–Trinajstić information content (AvgIpc) is 2.66. The van der Waals surface area contributed by atoms with Crippen LogP contribution in [0.4, 0.5) is 5.69 Å². The summed E-state index contributed by atoms with van der Waals surface area (Å²) in [7, 11) is 0. The molecule has 0 bridgehead atoms. The molecule has 2 aromatic carbocycles. The normalized spacial score (nSPS) is 13.5. The summed E-state index contributed by atoms with van der Waals surface area (Å²) in [6.07, 6.45) is 2.14. The van der Waals surface area contributed by atoms with Crippen molar-refractivity contribution in [2.75, 3.05) is 18.4 Å². The monoisotopic (exact) mass is 478 g/mol. The Morgan fingerprint density at radius 1 is 1.15 bits per heavy atom. The van der Waals surface area contributed by atoms with E-state index < -0.39 is 0 Å². The number of rotatable bonds is 5. The molecule has 27 heavy (non-hydrogen) atoms. The fourth-order valence-corrected chi connectivity index (χ4v) is 3.12. The van der Waals surface area contributed by atoms with Gasteiger partial charge in [-0.2, -0.15) is 0 Å². The maximum atomic E-state index is 12.4. The van der Waals surface area contributed by atoms with Crippen LogP contribution < -0.4 is 11.1 Å². The van der Waals surface area contributed by atoms with Crippen molar-refractivity contribution in [3.8, 4) is 0 Å². The lowest BCUT2D eigenvalue weighted by atomic mass is 9.99. The van der Waals surface area contributed by atoms with Crippen molar-refractivity contribution in [3.63, 3.8) is 0 Å². The minimum absolute atomic E-state index is 0. The van der Waals surface area contributed by atoms with Crippen molar-refractivity contribution >= 4 is 41.5 Å². The van der Waals surface area contributed by atoms with Gasteiger partial charge in [0.1, 0.15) is 0 Å². The van der Waals surface area contributed by atoms with Crippen LogP contribution in [0.15, 0.2) is 53.5 Å². The first-order valence-electron chi connectivity index (χ1n) is 9.10. The van der Waals surface area contributed by atoms with Crippen LogP contribution in [0, 0.1) is 6.92 Å². The molecule has 0 aliphatic carbocycles. The van der Waals surface area contributed by atoms with Crippen molar-refractivity contribution in [1.82, 2.24) is 4.90 Å². The summed E-state index contributed by atoms with van der Waals surface area (Å²) < 4.78 is 0. The highest BCUT2D eigenvalue weighted by Crippen LogP contribution is 2.19. The zero-order valence-corrected chi connectivity index (χ0v) is 18.0. The van der Waals surface area contributed by atoms with E-state index in [9.17, 15) is 4.79 Å². The number of aryl methyl sites for hydroxylation is 1. The van der Waals surface area contributed by atoms with Gasteiger partial charge >= 0.3 is 0 Å². The van der Waals surface area contributed by atoms with Gasteiger partial charge in [-0.25, -0.2) is 0 Å². The molecule has 1 aliphatic rings. The molecule has 0 fully saturated rings. The van der Waals surface area contributed by atoms with Gasteiger partial charge in [0.2, 0.25) is 5.91 Å². The number of nitrogens with one attached hydrogen (secondary N) is 1. The highest BCUT2D eigenvalue weighted by atomic mass is 127. The number of aliphatic imine (C=N–C) groups is 1. The highest BCUT2D eigenvalue weighted by Gasteiger charge is 2.19. The summed E-state index contributed by atoms with van der Waals surface area (Å²) in [5, 5.41) is 3.06. The molecule has 3 N–H and O–H groups in total. The number of halogens is 1. The molecule has 3 rings (SSSR count). The molecule has 144 valence electrons. The van der Waals surface area contributed by atoms with Crippen LogP contribution in [-0.4, -0.2) is 29.9 Å². The average molecular weight is 478 g/mol. The fraction of sp³-hybridized carbons (Fsp3) is 0.333. The van der Waals surface area contributed by atoms with Gasteiger partial charge in [0.25, 0.3) is 0 Å². The van der Waals surface area contributed by atoms with Gasteiger partial charge in [-0.1, -0.05) is 42.0 Å². The first-order chi connectivity index (χ1) is 12.6. The first-order valence-corrected chi connectivity index (χ1v) is 9.10. The van der Waals surface area contributed by atoms with Gasteiger partial charge in [0.15, 0.2) is 5.96 Å². The second-order valence-electron chi connectivity index (χ2n) is 6.70. The van der Waals surface area contributed by atoms with Gasteiger partial charge < -0.3 is 16.0 Å². The molecule has 0 spiro atoms. The maximum absolute atomic E-state index is 12.4. The second-order valence-corrected chi connectivity index (χ2v) is 6.70. The molecule has 1 aliphatic heterocycles. The second kappa shape index (κ2) is 10.3. The molecule has 0 radical (unpaired) electrons. The predicted octanol–water partition coefficient (Wildman–Crippen LogP) is 3.70. The number of nitrogens with zero attached hydrogens (tertiary/aromatic N) is 2. The largest absolute Gasteiger partial charge is 0.370 e. The molecule has 0 unspecified atom stereocenters. The molecule has 5 nitrogen and oxygen atoms in total. The van der Waals surface area contributed by atoms with Gasteiger partial charge in [-0.15, -0.1) is 24.0 Å². The zero-order chi connectivity index (χ0) is 18.4. The number of hydrogen-bond acceptors (Lipinski definition) is 2. The van der Waals surface area contributed by atoms with Gasteiger partial charge in [-0.05, 0) is 43.0 Å². The first kappa shape index (κ1) is 21.2. The topological polar surface area (TPSA) is 70.7 Å². The Morgan fingerprint density at radius 3 is 2.59 bits per heavy atom. The smallest absolute Gasteiger partial charge is 0.222 e. The molecular formula is C21H27IN4O. The molecule has 1 heterocycles. The molecule has 0 saturated carbocycles. The summed E-state index contributed by atoms with van der Waals surface area (Å²) in [5.41, 5.74) is 10.6. The van der Waals surface area contributed by atoms with E-state index in [4.69, 9.17) is 5.73 Å². The number of benzene rings is 2. The summed E-state index contributed by atoms with van der Waals surface area (Å²) >= 11 is 0. The summed E-state index contributed by atoms with van der Waals surface area (Å²) in [6.45, 7) is 4.10. The standard InChI is InChI=1S/C21H26N4O.HI/c1-16-8-10-19(11-9-16)24-21(22)23-13-4-7-20(26)25-14-12-17-5-2-3-6-18(17)15-25;/h2-3,5-6,8-11H,4,7,12-15H2,1H3,(H3,22,23,24);1H. The van der Waals surface area contributed by atoms with Gasteiger partial charge in [0, 0.05) is 31.7 Å². The number of guanidine groups is 1. The van der Waals surface area contributed by atoms with Crippen LogP contribution in [0.5, 0.6) is 0 Å². The van der Waals surface area contributed by atoms with Crippen LogP contribution in [-0.2, 0) is 17.8 Å². The molecule has 6 heteroatoms. The number of nitrogens with two attached hydrogens (primary N) is 1. The van der Waals surface area contributed by atoms with Crippen LogP contribution in [0.3, 0.4) is 0 Å². The van der Waals surface area contributed by atoms with Gasteiger partial charge in [-0.3, -0.25) is 9.79 Å². The van der Waals surface area contributed by atoms with Crippen LogP contribution in [0.1, 0.15) is 29.5 Å². The minimum atomic E-state index is 0.